The van der Waals surface area contributed by atoms with Crippen molar-refractivity contribution < 1.29 is 13.2 Å². The zero-order chi connectivity index (χ0) is 16.6. The van der Waals surface area contributed by atoms with Gasteiger partial charge in [-0.15, -0.1) is 5.10 Å². The third-order valence-corrected chi connectivity index (χ3v) is 3.08. The molecule has 0 aliphatic heterocycles. The first-order chi connectivity index (χ1) is 10.8. The molecule has 0 fully saturated rings. The van der Waals surface area contributed by atoms with E-state index < -0.39 is 12.0 Å². The van der Waals surface area contributed by atoms with Gasteiger partial charge in [0, 0.05) is 24.2 Å². The number of aromatic nitrogens is 6. The van der Waals surface area contributed by atoms with E-state index in [1.165, 1.54) is 12.4 Å². The first-order valence-corrected chi connectivity index (χ1v) is 6.68. The molecule has 1 atom stereocenters. The number of halogens is 3. The number of fused-ring (bicyclic) bond motifs is 1. The van der Waals surface area contributed by atoms with E-state index in [1.807, 2.05) is 6.92 Å². The lowest BCUT2D eigenvalue weighted by molar-refractivity contribution is -0.144. The van der Waals surface area contributed by atoms with Crippen molar-refractivity contribution in [2.45, 2.75) is 26.1 Å². The Morgan fingerprint density at radius 2 is 2.00 bits per heavy atom. The maximum Gasteiger partial charge on any atom is 0.453 e. The number of nitrogens with zero attached hydrogens (tertiary/aromatic N) is 6. The largest absolute Gasteiger partial charge is 0.453 e. The van der Waals surface area contributed by atoms with E-state index in [0.29, 0.717) is 17.2 Å². The molecule has 3 rings (SSSR count). The van der Waals surface area contributed by atoms with Crippen molar-refractivity contribution in [3.8, 4) is 0 Å². The third kappa shape index (κ3) is 3.05. The van der Waals surface area contributed by atoms with Gasteiger partial charge in [0.2, 0.25) is 0 Å². The summed E-state index contributed by atoms with van der Waals surface area (Å²) in [5.74, 6) is -1.01. The van der Waals surface area contributed by atoms with Crippen LogP contribution in [0.4, 0.5) is 19.0 Å². The number of alkyl halides is 3. The normalized spacial score (nSPS) is 13.3. The van der Waals surface area contributed by atoms with Crippen LogP contribution >= 0.6 is 0 Å². The van der Waals surface area contributed by atoms with E-state index in [1.54, 1.807) is 19.2 Å². The van der Waals surface area contributed by atoms with Crippen LogP contribution in [-0.4, -0.2) is 29.5 Å². The van der Waals surface area contributed by atoms with Gasteiger partial charge in [0.25, 0.3) is 11.6 Å². The van der Waals surface area contributed by atoms with Crippen molar-refractivity contribution in [2.24, 2.45) is 0 Å². The van der Waals surface area contributed by atoms with Crippen molar-refractivity contribution in [1.29, 1.82) is 0 Å². The second-order valence-corrected chi connectivity index (χ2v) is 4.92. The minimum atomic E-state index is -4.63. The molecule has 1 N–H and O–H groups in total. The Balaban J connectivity index is 2.01. The summed E-state index contributed by atoms with van der Waals surface area (Å²) in [4.78, 5) is 15.5. The number of hydrogen-bond donors (Lipinski definition) is 1. The van der Waals surface area contributed by atoms with Crippen LogP contribution in [-0.2, 0) is 6.18 Å². The van der Waals surface area contributed by atoms with Gasteiger partial charge in [0.05, 0.1) is 17.9 Å². The smallest absolute Gasteiger partial charge is 0.362 e. The summed E-state index contributed by atoms with van der Waals surface area (Å²) in [5, 5.41) is 6.55. The van der Waals surface area contributed by atoms with Crippen LogP contribution in [0, 0.1) is 6.92 Å². The molecule has 0 bridgehead atoms. The molecule has 10 heteroatoms. The minimum absolute atomic E-state index is 0.119. The molecular weight excluding hydrogens is 311 g/mol. The van der Waals surface area contributed by atoms with Crippen LogP contribution < -0.4 is 5.32 Å². The summed E-state index contributed by atoms with van der Waals surface area (Å²) in [6, 6.07) is 1.31. The summed E-state index contributed by atoms with van der Waals surface area (Å²) in [6.45, 7) is 3.48. The number of rotatable bonds is 3. The Bertz CT molecular complexity index is 829. The average molecular weight is 323 g/mol. The van der Waals surface area contributed by atoms with Crippen LogP contribution in [0.25, 0.3) is 5.78 Å². The van der Waals surface area contributed by atoms with E-state index in [0.717, 1.165) is 4.52 Å². The summed E-state index contributed by atoms with van der Waals surface area (Å²) in [5.41, 5.74) is 1.17. The third-order valence-electron chi connectivity index (χ3n) is 3.08. The molecule has 120 valence electrons. The summed E-state index contributed by atoms with van der Waals surface area (Å²) >= 11 is 0. The van der Waals surface area contributed by atoms with Gasteiger partial charge < -0.3 is 5.32 Å². The maximum atomic E-state index is 12.8. The van der Waals surface area contributed by atoms with E-state index in [9.17, 15) is 13.2 Å². The summed E-state index contributed by atoms with van der Waals surface area (Å²) in [6.07, 6.45) is 0.0248. The molecule has 0 aliphatic carbocycles. The standard InChI is InChI=1S/C13H12F3N7/c1-7-5-10(20-8(2)9-6-17-3-4-18-9)23-12(19-7)21-11(22-23)13(14,15)16/h3-6,8,20H,1-2H3/t8-/m1/s1. The zero-order valence-electron chi connectivity index (χ0n) is 12.2. The van der Waals surface area contributed by atoms with Crippen LogP contribution in [0.5, 0.6) is 0 Å². The predicted molar refractivity (Wildman–Crippen MR) is 74.6 cm³/mol. The van der Waals surface area contributed by atoms with Gasteiger partial charge in [-0.25, -0.2) is 4.98 Å². The van der Waals surface area contributed by atoms with E-state index in [-0.39, 0.29) is 11.8 Å². The molecule has 0 radical (unpaired) electrons. The molecular formula is C13H12F3N7. The van der Waals surface area contributed by atoms with Crippen molar-refractivity contribution in [3.05, 3.63) is 41.9 Å². The number of nitrogens with one attached hydrogen (secondary N) is 1. The topological polar surface area (TPSA) is 80.9 Å². The first-order valence-electron chi connectivity index (χ1n) is 6.68. The molecule has 0 unspecified atom stereocenters. The van der Waals surface area contributed by atoms with Crippen LogP contribution in [0.1, 0.15) is 30.2 Å². The highest BCUT2D eigenvalue weighted by atomic mass is 19.4. The molecule has 0 saturated carbocycles. The van der Waals surface area contributed by atoms with E-state index >= 15 is 0 Å². The first kappa shape index (κ1) is 15.1. The van der Waals surface area contributed by atoms with Crippen LogP contribution in [0.3, 0.4) is 0 Å². The highest BCUT2D eigenvalue weighted by molar-refractivity contribution is 5.46. The summed E-state index contributed by atoms with van der Waals surface area (Å²) < 4.78 is 39.4. The minimum Gasteiger partial charge on any atom is -0.362 e. The fourth-order valence-electron chi connectivity index (χ4n) is 2.04. The van der Waals surface area contributed by atoms with Crippen molar-refractivity contribution >= 4 is 11.6 Å². The van der Waals surface area contributed by atoms with Gasteiger partial charge in [-0.3, -0.25) is 9.97 Å². The predicted octanol–water partition coefficient (Wildman–Crippen LogP) is 2.41. The number of aryl methyl sites for hydroxylation is 1. The quantitative estimate of drug-likeness (QED) is 0.797. The van der Waals surface area contributed by atoms with Gasteiger partial charge in [-0.1, -0.05) is 0 Å². The lowest BCUT2D eigenvalue weighted by Gasteiger charge is -2.15. The van der Waals surface area contributed by atoms with Crippen LogP contribution in [0.15, 0.2) is 24.7 Å². The van der Waals surface area contributed by atoms with Gasteiger partial charge in [-0.05, 0) is 13.8 Å². The Labute approximate surface area is 128 Å². The Hall–Kier alpha value is -2.78. The Kier molecular flexibility index (Phi) is 3.58. The molecule has 23 heavy (non-hydrogen) atoms. The summed E-state index contributed by atoms with van der Waals surface area (Å²) in [7, 11) is 0. The van der Waals surface area contributed by atoms with Gasteiger partial charge in [0.15, 0.2) is 0 Å². The van der Waals surface area contributed by atoms with Crippen molar-refractivity contribution in [2.75, 3.05) is 5.32 Å². The lowest BCUT2D eigenvalue weighted by atomic mass is 10.2. The lowest BCUT2D eigenvalue weighted by Crippen LogP contribution is -2.13. The van der Waals surface area contributed by atoms with Crippen LogP contribution in [0.2, 0.25) is 0 Å². The maximum absolute atomic E-state index is 12.8. The second-order valence-electron chi connectivity index (χ2n) is 4.92. The highest BCUT2D eigenvalue weighted by Crippen LogP contribution is 2.27. The van der Waals surface area contributed by atoms with Gasteiger partial charge in [0.1, 0.15) is 5.82 Å². The molecule has 0 aromatic carbocycles. The molecule has 7 nitrogen and oxygen atoms in total. The Morgan fingerprint density at radius 1 is 1.22 bits per heavy atom. The molecule has 3 aromatic rings. The highest BCUT2D eigenvalue weighted by Gasteiger charge is 2.36. The Morgan fingerprint density at radius 3 is 2.65 bits per heavy atom. The van der Waals surface area contributed by atoms with E-state index in [4.69, 9.17) is 0 Å². The molecule has 0 saturated heterocycles. The molecule has 3 aromatic heterocycles. The number of anilines is 1. The van der Waals surface area contributed by atoms with Crippen molar-refractivity contribution in [3.63, 3.8) is 0 Å². The van der Waals surface area contributed by atoms with Crippen molar-refractivity contribution in [1.82, 2.24) is 29.5 Å². The monoisotopic (exact) mass is 323 g/mol. The zero-order valence-corrected chi connectivity index (χ0v) is 12.2. The molecule has 0 spiro atoms. The fourth-order valence-corrected chi connectivity index (χ4v) is 2.04. The number of hydrogen-bond acceptors (Lipinski definition) is 6. The second kappa shape index (κ2) is 5.45. The van der Waals surface area contributed by atoms with Gasteiger partial charge in [-0.2, -0.15) is 22.7 Å². The molecule has 0 amide bonds. The fraction of sp³-hybridized carbons (Fsp3) is 0.308. The van der Waals surface area contributed by atoms with Gasteiger partial charge >= 0.3 is 6.18 Å². The molecule has 0 aliphatic rings. The van der Waals surface area contributed by atoms with E-state index in [2.05, 4.69) is 30.4 Å². The molecule has 3 heterocycles. The SMILES string of the molecule is Cc1cc(N[C@H](C)c2cnccn2)n2nc(C(F)(F)F)nc2n1. The average Bonchev–Trinajstić information content (AvgIpc) is 2.92.